The van der Waals surface area contributed by atoms with Gasteiger partial charge in [-0.15, -0.1) is 17.5 Å². The molecule has 0 saturated heterocycles. The van der Waals surface area contributed by atoms with Gasteiger partial charge in [-0.2, -0.15) is 6.07 Å². The number of hydrogen-bond donors (Lipinski definition) is 1. The summed E-state index contributed by atoms with van der Waals surface area (Å²) >= 11 is 0. The van der Waals surface area contributed by atoms with E-state index in [2.05, 4.69) is 138 Å². The molecule has 0 spiro atoms. The van der Waals surface area contributed by atoms with E-state index in [0.717, 1.165) is 88.3 Å². The van der Waals surface area contributed by atoms with Crippen LogP contribution >= 0.6 is 0 Å². The second-order valence-corrected chi connectivity index (χ2v) is 14.8. The van der Waals surface area contributed by atoms with Crippen LogP contribution in [0.15, 0.2) is 115 Å². The van der Waals surface area contributed by atoms with Crippen molar-refractivity contribution in [1.29, 1.82) is 0 Å². The van der Waals surface area contributed by atoms with Gasteiger partial charge >= 0.3 is 0 Å². The van der Waals surface area contributed by atoms with Gasteiger partial charge in [0.25, 0.3) is 0 Å². The zero-order valence-electron chi connectivity index (χ0n) is 28.5. The summed E-state index contributed by atoms with van der Waals surface area (Å²) in [7, 11) is 0. The topological polar surface area (TPSA) is 60.3 Å². The van der Waals surface area contributed by atoms with E-state index in [9.17, 15) is 5.11 Å². The molecule has 0 aliphatic carbocycles. The first-order valence-corrected chi connectivity index (χ1v) is 17.2. The zero-order chi connectivity index (χ0) is 33.7. The fourth-order valence-corrected chi connectivity index (χ4v) is 8.92. The molecule has 5 aromatic heterocycles. The minimum Gasteiger partial charge on any atom is -0.507 e. The van der Waals surface area contributed by atoms with Crippen molar-refractivity contribution in [3.05, 3.63) is 133 Å². The van der Waals surface area contributed by atoms with Gasteiger partial charge in [0.2, 0.25) is 0 Å². The van der Waals surface area contributed by atoms with Crippen molar-refractivity contribution in [2.24, 2.45) is 0 Å². The fourth-order valence-electron chi connectivity index (χ4n) is 8.92. The molecule has 7 heteroatoms. The van der Waals surface area contributed by atoms with Crippen LogP contribution in [0.2, 0.25) is 0 Å². The number of aromatic hydroxyl groups is 1. The Hall–Kier alpha value is -5.45. The van der Waals surface area contributed by atoms with Crippen LogP contribution in [0, 0.1) is 6.07 Å². The predicted octanol–water partition coefficient (Wildman–Crippen LogP) is 10.3. The summed E-state index contributed by atoms with van der Waals surface area (Å²) in [6, 6.07) is 41.9. The van der Waals surface area contributed by atoms with Crippen molar-refractivity contribution in [3.8, 4) is 17.3 Å². The number of hydrogen-bond acceptors (Lipinski definition) is 3. The van der Waals surface area contributed by atoms with Gasteiger partial charge in [0, 0.05) is 59.8 Å². The quantitative estimate of drug-likeness (QED) is 0.139. The van der Waals surface area contributed by atoms with Crippen molar-refractivity contribution < 1.29 is 26.2 Å². The van der Waals surface area contributed by atoms with Crippen molar-refractivity contribution in [1.82, 2.24) is 23.5 Å². The average Bonchev–Trinajstić information content (AvgIpc) is 3.79. The number of nitrogens with zero attached hydrogens (tertiary/aromatic N) is 5. The molecule has 0 fully saturated rings. The Labute approximate surface area is 307 Å². The van der Waals surface area contributed by atoms with E-state index < -0.39 is 0 Å². The molecule has 10 aromatic rings. The number of aromatic nitrogens is 5. The van der Waals surface area contributed by atoms with E-state index in [1.807, 2.05) is 18.3 Å². The molecule has 0 amide bonds. The first-order chi connectivity index (χ1) is 24.3. The predicted molar refractivity (Wildman–Crippen MR) is 203 cm³/mol. The normalized spacial score (nSPS) is 14.9. The van der Waals surface area contributed by atoms with Gasteiger partial charge in [0.05, 0.1) is 22.1 Å². The van der Waals surface area contributed by atoms with Gasteiger partial charge in [0.1, 0.15) is 11.4 Å². The number of benzene rings is 5. The van der Waals surface area contributed by atoms with Gasteiger partial charge in [-0.05, 0) is 46.7 Å². The molecule has 11 rings (SSSR count). The third-order valence-electron chi connectivity index (χ3n) is 12.0. The molecule has 0 unspecified atom stereocenters. The molecule has 0 bridgehead atoms. The maximum atomic E-state index is 11.5. The minimum absolute atomic E-state index is 0. The summed E-state index contributed by atoms with van der Waals surface area (Å²) in [4.78, 5) is 10.4. The molecule has 0 saturated carbocycles. The number of pyridine rings is 2. The van der Waals surface area contributed by atoms with Crippen LogP contribution in [-0.2, 0) is 31.9 Å². The monoisotopic (exact) mass is 841 g/mol. The van der Waals surface area contributed by atoms with Crippen molar-refractivity contribution in [3.63, 3.8) is 0 Å². The molecule has 1 aliphatic heterocycles. The van der Waals surface area contributed by atoms with Crippen LogP contribution in [-0.4, -0.2) is 28.6 Å². The number of phenolic OH excluding ortho intramolecular Hbond substituents is 1. The number of para-hydroxylation sites is 3. The van der Waals surface area contributed by atoms with Gasteiger partial charge in [0.15, 0.2) is 11.5 Å². The van der Waals surface area contributed by atoms with E-state index >= 15 is 0 Å². The number of imidazole rings is 1. The molecule has 0 atom stereocenters. The van der Waals surface area contributed by atoms with Gasteiger partial charge in [-0.1, -0.05) is 106 Å². The van der Waals surface area contributed by atoms with Crippen molar-refractivity contribution in [2.45, 2.75) is 38.5 Å². The average molecular weight is 842 g/mol. The summed E-state index contributed by atoms with van der Waals surface area (Å²) in [5.74, 6) is 1.09. The van der Waals surface area contributed by atoms with E-state index in [1.54, 1.807) is 6.07 Å². The van der Waals surface area contributed by atoms with Crippen molar-refractivity contribution >= 4 is 71.1 Å². The van der Waals surface area contributed by atoms with E-state index in [4.69, 9.17) is 9.97 Å². The first-order valence-electron chi connectivity index (χ1n) is 17.2. The Balaban J connectivity index is 0.00000327. The number of rotatable bonds is 2. The maximum absolute atomic E-state index is 11.5. The molecule has 0 radical (unpaired) electrons. The molecular weight excluding hydrogens is 810 g/mol. The summed E-state index contributed by atoms with van der Waals surface area (Å²) in [5.41, 5.74) is 8.64. The molecule has 6 nitrogen and oxygen atoms in total. The summed E-state index contributed by atoms with van der Waals surface area (Å²) in [6.07, 6.45) is 1.86. The second kappa shape index (κ2) is 10.1. The van der Waals surface area contributed by atoms with E-state index in [-0.39, 0.29) is 37.6 Å². The molecular formula is C44H32N5OPt-. The van der Waals surface area contributed by atoms with E-state index in [0.29, 0.717) is 0 Å². The van der Waals surface area contributed by atoms with E-state index in [1.165, 1.54) is 5.56 Å². The van der Waals surface area contributed by atoms with Crippen LogP contribution in [0.1, 0.15) is 39.0 Å². The van der Waals surface area contributed by atoms with Gasteiger partial charge < -0.3 is 14.2 Å². The van der Waals surface area contributed by atoms with Crippen molar-refractivity contribution in [2.75, 3.05) is 0 Å². The second-order valence-electron chi connectivity index (χ2n) is 14.8. The SMILES string of the molecule is CC1(C)c2cccc3c4cccc(O)c4c4nc(-n5c6[c-]c(-n7c8ccccc8c8cccnc87)ccc6c6ccccc65)c(n4c23)C1(C)C.[Pt]. The maximum Gasteiger partial charge on any atom is 0.158 e. The number of fused-ring (bicyclic) bond motifs is 9. The van der Waals surface area contributed by atoms with Crippen LogP contribution in [0.3, 0.4) is 0 Å². The smallest absolute Gasteiger partial charge is 0.158 e. The van der Waals surface area contributed by atoms with Gasteiger partial charge in [-0.25, -0.2) is 9.97 Å². The van der Waals surface area contributed by atoms with Crippen LogP contribution in [0.5, 0.6) is 5.75 Å². The molecule has 51 heavy (non-hydrogen) atoms. The molecule has 1 aliphatic rings. The third-order valence-corrected chi connectivity index (χ3v) is 12.0. The molecule has 250 valence electrons. The Morgan fingerprint density at radius 2 is 1.27 bits per heavy atom. The number of phenols is 1. The largest absolute Gasteiger partial charge is 0.507 e. The van der Waals surface area contributed by atoms with Crippen LogP contribution < -0.4 is 0 Å². The molecule has 5 aromatic carbocycles. The van der Waals surface area contributed by atoms with Gasteiger partial charge in [-0.3, -0.25) is 4.40 Å². The van der Waals surface area contributed by atoms with Crippen LogP contribution in [0.4, 0.5) is 0 Å². The minimum atomic E-state index is -0.354. The standard InChI is InChI=1S/C44H32N5O.Pt/c1-43(2)32-17-9-15-30-29-14-10-20-36(50)37(29)41-46-42(39(44(43,3)4)49(41)38(30)32)48-34-19-8-5-12-26(34)28-22-21-25(24-35(28)48)47-33-18-7-6-13-27(33)31-16-11-23-45-40(31)47;/h5-23,50H,1-4H3;/q-1;. The first kappa shape index (κ1) is 30.4. The third kappa shape index (κ3) is 3.61. The Bertz CT molecular complexity index is 3070. The van der Waals surface area contributed by atoms with Crippen LogP contribution in [0.25, 0.3) is 82.6 Å². The summed E-state index contributed by atoms with van der Waals surface area (Å²) in [6.45, 7) is 9.38. The molecule has 6 heterocycles. The Morgan fingerprint density at radius 3 is 2.08 bits per heavy atom. The fraction of sp³-hybridized carbons (Fsp3) is 0.136. The molecule has 1 N–H and O–H groups in total. The summed E-state index contributed by atoms with van der Waals surface area (Å²) < 4.78 is 6.87. The summed E-state index contributed by atoms with van der Waals surface area (Å²) in [5, 5.41) is 18.9. The Kier molecular flexibility index (Phi) is 6.00. The zero-order valence-corrected chi connectivity index (χ0v) is 30.7. The Morgan fingerprint density at radius 1 is 0.608 bits per heavy atom.